The second kappa shape index (κ2) is 14.2. The van der Waals surface area contributed by atoms with Gasteiger partial charge in [0.2, 0.25) is 5.95 Å². The number of aromatic nitrogens is 4. The molecule has 1 spiro atoms. The van der Waals surface area contributed by atoms with Crippen LogP contribution in [0.3, 0.4) is 0 Å². The molecule has 1 amide bonds. The number of hydrogen-bond acceptors (Lipinski definition) is 8. The SMILES string of the molecule is CCc1cnc(N2CCC3(CC2)OC(C(=O)N2CCCCC2)Cn2ccnc23)nc1.O=C(O)C(F)(F)F.O=C(O)C(F)(F)F. The third-order valence-corrected chi connectivity index (χ3v) is 7.24. The van der Waals surface area contributed by atoms with E-state index in [4.69, 9.17) is 24.5 Å². The summed E-state index contributed by atoms with van der Waals surface area (Å²) >= 11 is 0. The van der Waals surface area contributed by atoms with E-state index in [1.807, 2.05) is 29.7 Å². The van der Waals surface area contributed by atoms with E-state index in [2.05, 4.69) is 31.3 Å². The molecule has 0 bridgehead atoms. The van der Waals surface area contributed by atoms with Crippen LogP contribution in [0, 0.1) is 0 Å². The number of fused-ring (bicyclic) bond motifs is 2. The van der Waals surface area contributed by atoms with E-state index in [0.717, 1.165) is 75.6 Å². The van der Waals surface area contributed by atoms with Gasteiger partial charge in [-0.1, -0.05) is 6.92 Å². The van der Waals surface area contributed by atoms with Crippen LogP contribution < -0.4 is 4.90 Å². The number of hydrogen-bond donors (Lipinski definition) is 2. The zero-order chi connectivity index (χ0) is 32.7. The molecule has 12 nitrogen and oxygen atoms in total. The summed E-state index contributed by atoms with van der Waals surface area (Å²) in [6.07, 6.45) is 2.89. The molecule has 3 aliphatic heterocycles. The molecule has 18 heteroatoms. The topological polar surface area (TPSA) is 151 Å². The first-order valence-electron chi connectivity index (χ1n) is 13.7. The lowest BCUT2D eigenvalue weighted by molar-refractivity contribution is -0.193. The van der Waals surface area contributed by atoms with Crippen molar-refractivity contribution in [2.75, 3.05) is 31.1 Å². The van der Waals surface area contributed by atoms with Gasteiger partial charge in [0.1, 0.15) is 11.4 Å². The first-order chi connectivity index (χ1) is 20.6. The number of carbonyl (C=O) groups is 3. The molecule has 0 aromatic carbocycles. The monoisotopic (exact) mass is 638 g/mol. The average Bonchev–Trinajstić information content (AvgIpc) is 3.47. The molecule has 244 valence electrons. The van der Waals surface area contributed by atoms with E-state index in [9.17, 15) is 31.1 Å². The molecule has 2 N–H and O–H groups in total. The zero-order valence-electron chi connectivity index (χ0n) is 23.6. The van der Waals surface area contributed by atoms with Crippen LogP contribution in [-0.4, -0.2) is 97.1 Å². The van der Waals surface area contributed by atoms with Gasteiger partial charge in [0, 0.05) is 63.8 Å². The average molecular weight is 639 g/mol. The first kappa shape index (κ1) is 34.5. The standard InChI is InChI=1S/C22H30N6O2.2C2HF3O2/c1-2-17-14-24-21(25-15-17)27-11-6-22(7-12-27)20-23-8-13-28(20)16-18(30-22)19(29)26-9-4-3-5-10-26;2*3-2(4,5)1(6)7/h8,13-15,18H,2-7,9-12,16H2,1H3;2*(H,6,7). The van der Waals surface area contributed by atoms with Crippen molar-refractivity contribution >= 4 is 23.8 Å². The second-order valence-corrected chi connectivity index (χ2v) is 10.2. The lowest BCUT2D eigenvalue weighted by atomic mass is 9.88. The van der Waals surface area contributed by atoms with Gasteiger partial charge in [-0.25, -0.2) is 24.5 Å². The number of anilines is 1. The zero-order valence-corrected chi connectivity index (χ0v) is 23.6. The molecule has 0 radical (unpaired) electrons. The summed E-state index contributed by atoms with van der Waals surface area (Å²) in [4.78, 5) is 48.9. The van der Waals surface area contributed by atoms with Crippen molar-refractivity contribution in [3.05, 3.63) is 36.2 Å². The van der Waals surface area contributed by atoms with Gasteiger partial charge >= 0.3 is 24.3 Å². The summed E-state index contributed by atoms with van der Waals surface area (Å²) in [6.45, 7) is 5.92. The van der Waals surface area contributed by atoms with E-state index in [1.165, 1.54) is 6.42 Å². The lowest BCUT2D eigenvalue weighted by Crippen LogP contribution is -2.55. The molecule has 3 aliphatic rings. The molecule has 2 aromatic rings. The Kier molecular flexibility index (Phi) is 11.2. The molecule has 44 heavy (non-hydrogen) atoms. The molecule has 2 aromatic heterocycles. The van der Waals surface area contributed by atoms with E-state index in [1.54, 1.807) is 0 Å². The Labute approximate surface area is 247 Å². The quantitative estimate of drug-likeness (QED) is 0.479. The fourth-order valence-corrected chi connectivity index (χ4v) is 4.95. The van der Waals surface area contributed by atoms with Crippen molar-refractivity contribution in [3.8, 4) is 0 Å². The molecule has 5 heterocycles. The van der Waals surface area contributed by atoms with E-state index in [-0.39, 0.29) is 5.91 Å². The van der Waals surface area contributed by atoms with Crippen LogP contribution in [0.1, 0.15) is 50.4 Å². The summed E-state index contributed by atoms with van der Waals surface area (Å²) in [7, 11) is 0. The lowest BCUT2D eigenvalue weighted by Gasteiger charge is -2.46. The molecule has 2 fully saturated rings. The minimum absolute atomic E-state index is 0.134. The van der Waals surface area contributed by atoms with Gasteiger partial charge in [0.05, 0.1) is 6.54 Å². The molecular formula is C26H32F6N6O6. The summed E-state index contributed by atoms with van der Waals surface area (Å²) in [5.74, 6) is -3.66. The number of carboxylic acid groups (broad SMARTS) is 2. The second-order valence-electron chi connectivity index (χ2n) is 10.2. The highest BCUT2D eigenvalue weighted by Gasteiger charge is 2.48. The number of ether oxygens (including phenoxy) is 1. The predicted octanol–water partition coefficient (Wildman–Crippen LogP) is 3.41. The minimum atomic E-state index is -5.08. The number of rotatable bonds is 3. The number of halogens is 6. The third kappa shape index (κ3) is 8.79. The number of likely N-dealkylation sites (tertiary alicyclic amines) is 1. The number of carbonyl (C=O) groups excluding carboxylic acids is 1. The Morgan fingerprint density at radius 3 is 1.91 bits per heavy atom. The van der Waals surface area contributed by atoms with Crippen LogP contribution in [0.5, 0.6) is 0 Å². The Hall–Kier alpha value is -3.96. The van der Waals surface area contributed by atoms with Crippen molar-refractivity contribution in [2.24, 2.45) is 0 Å². The highest BCUT2D eigenvalue weighted by molar-refractivity contribution is 5.81. The van der Waals surface area contributed by atoms with Crippen molar-refractivity contribution < 1.29 is 55.7 Å². The van der Waals surface area contributed by atoms with Crippen LogP contribution in [0.25, 0.3) is 0 Å². The van der Waals surface area contributed by atoms with E-state index in [0.29, 0.717) is 6.54 Å². The molecule has 1 atom stereocenters. The van der Waals surface area contributed by atoms with Crippen LogP contribution in [-0.2, 0) is 37.7 Å². The largest absolute Gasteiger partial charge is 0.490 e. The smallest absolute Gasteiger partial charge is 0.475 e. The summed E-state index contributed by atoms with van der Waals surface area (Å²) in [6, 6.07) is 0. The number of aryl methyl sites for hydroxylation is 1. The van der Waals surface area contributed by atoms with Crippen LogP contribution >= 0.6 is 0 Å². The van der Waals surface area contributed by atoms with Crippen molar-refractivity contribution in [3.63, 3.8) is 0 Å². The maximum absolute atomic E-state index is 13.2. The summed E-state index contributed by atoms with van der Waals surface area (Å²) in [5.41, 5.74) is 0.626. The number of alkyl halides is 6. The van der Waals surface area contributed by atoms with Crippen LogP contribution in [0.15, 0.2) is 24.8 Å². The first-order valence-corrected chi connectivity index (χ1v) is 13.7. The number of amides is 1. The van der Waals surface area contributed by atoms with Gasteiger partial charge in [-0.05, 0) is 31.2 Å². The number of carboxylic acids is 2. The maximum atomic E-state index is 13.2. The number of nitrogens with zero attached hydrogens (tertiary/aromatic N) is 6. The van der Waals surface area contributed by atoms with Gasteiger partial charge in [0.15, 0.2) is 6.10 Å². The van der Waals surface area contributed by atoms with Crippen molar-refractivity contribution in [2.45, 2.75) is 76.1 Å². The molecular weight excluding hydrogens is 606 g/mol. The molecule has 2 saturated heterocycles. The predicted molar refractivity (Wildman–Crippen MR) is 139 cm³/mol. The summed E-state index contributed by atoms with van der Waals surface area (Å²) < 4.78 is 72.2. The van der Waals surface area contributed by atoms with Crippen molar-refractivity contribution in [1.29, 1.82) is 0 Å². The van der Waals surface area contributed by atoms with E-state index < -0.39 is 36.0 Å². The highest BCUT2D eigenvalue weighted by Crippen LogP contribution is 2.41. The van der Waals surface area contributed by atoms with Crippen LogP contribution in [0.2, 0.25) is 0 Å². The van der Waals surface area contributed by atoms with Gasteiger partial charge in [-0.2, -0.15) is 26.3 Å². The molecule has 1 unspecified atom stereocenters. The number of piperidine rings is 2. The van der Waals surface area contributed by atoms with Gasteiger partial charge < -0.3 is 29.3 Å². The van der Waals surface area contributed by atoms with E-state index >= 15 is 0 Å². The van der Waals surface area contributed by atoms with Crippen LogP contribution in [0.4, 0.5) is 32.3 Å². The van der Waals surface area contributed by atoms with Crippen molar-refractivity contribution in [1.82, 2.24) is 24.4 Å². The Morgan fingerprint density at radius 1 is 0.909 bits per heavy atom. The molecule has 0 saturated carbocycles. The molecule has 5 rings (SSSR count). The Balaban J connectivity index is 0.000000317. The Bertz CT molecular complexity index is 1250. The Morgan fingerprint density at radius 2 is 1.43 bits per heavy atom. The van der Waals surface area contributed by atoms with Gasteiger partial charge in [-0.15, -0.1) is 0 Å². The summed E-state index contributed by atoms with van der Waals surface area (Å²) in [5, 5.41) is 14.2. The normalized spacial score (nSPS) is 19.6. The minimum Gasteiger partial charge on any atom is -0.475 e. The van der Waals surface area contributed by atoms with Gasteiger partial charge in [-0.3, -0.25) is 4.79 Å². The third-order valence-electron chi connectivity index (χ3n) is 7.24. The number of imidazole rings is 1. The maximum Gasteiger partial charge on any atom is 0.490 e. The fourth-order valence-electron chi connectivity index (χ4n) is 4.95. The fraction of sp³-hybridized carbons (Fsp3) is 0.615. The highest BCUT2D eigenvalue weighted by atomic mass is 19.4. The molecule has 0 aliphatic carbocycles. The van der Waals surface area contributed by atoms with Gasteiger partial charge in [0.25, 0.3) is 5.91 Å². The number of aliphatic carboxylic acids is 2.